The van der Waals surface area contributed by atoms with Gasteiger partial charge in [0.05, 0.1) is 11.6 Å². The van der Waals surface area contributed by atoms with Crippen LogP contribution in [-0.2, 0) is 16.1 Å². The Morgan fingerprint density at radius 1 is 1.41 bits per heavy atom. The number of ether oxygens (including phenoxy) is 1. The van der Waals surface area contributed by atoms with E-state index >= 15 is 0 Å². The molecule has 0 unspecified atom stereocenters. The Morgan fingerprint density at radius 3 is 2.88 bits per heavy atom. The fourth-order valence-electron chi connectivity index (χ4n) is 1.78. The van der Waals surface area contributed by atoms with Crippen LogP contribution >= 0.6 is 0 Å². The van der Waals surface area contributed by atoms with Crippen LogP contribution in [0.4, 0.5) is 5.69 Å². The summed E-state index contributed by atoms with van der Waals surface area (Å²) in [7, 11) is 0. The van der Waals surface area contributed by atoms with Gasteiger partial charge in [0.1, 0.15) is 6.54 Å². The van der Waals surface area contributed by atoms with Gasteiger partial charge < -0.3 is 15.0 Å². The molecule has 1 aromatic heterocycles. The second-order valence-electron chi connectivity index (χ2n) is 4.30. The average Bonchev–Trinajstić information content (AvgIpc) is 2.60. The molecule has 0 bridgehead atoms. The number of hydrogen-bond acceptors (Lipinski definition) is 3. The predicted octanol–water partition coefficient (Wildman–Crippen LogP) is 2.18. The summed E-state index contributed by atoms with van der Waals surface area (Å²) in [4.78, 5) is 11.6. The molecule has 0 spiro atoms. The first-order valence-electron chi connectivity index (χ1n) is 5.60. The second-order valence-corrected chi connectivity index (χ2v) is 4.30. The number of carbonyl (C=O) groups excluding carboxylic acids is 1. The average molecular weight is 232 g/mol. The van der Waals surface area contributed by atoms with Gasteiger partial charge in [0.2, 0.25) is 0 Å². The lowest BCUT2D eigenvalue weighted by Gasteiger charge is -2.09. The Balaban J connectivity index is 2.24. The fourth-order valence-corrected chi connectivity index (χ4v) is 1.78. The monoisotopic (exact) mass is 232 g/mol. The number of nitrogens with zero attached hydrogens (tertiary/aromatic N) is 1. The molecule has 1 aromatic carbocycles. The van der Waals surface area contributed by atoms with Crippen LogP contribution in [0.2, 0.25) is 0 Å². The van der Waals surface area contributed by atoms with E-state index in [0.717, 1.165) is 10.9 Å². The first-order chi connectivity index (χ1) is 8.06. The number of nitrogen functional groups attached to an aromatic ring is 1. The van der Waals surface area contributed by atoms with Crippen LogP contribution in [0.1, 0.15) is 13.8 Å². The molecule has 0 saturated carbocycles. The van der Waals surface area contributed by atoms with Gasteiger partial charge in [0.15, 0.2) is 0 Å². The summed E-state index contributed by atoms with van der Waals surface area (Å²) in [6.07, 6.45) is 1.78. The largest absolute Gasteiger partial charge is 0.462 e. The van der Waals surface area contributed by atoms with Crippen molar-refractivity contribution in [2.45, 2.75) is 26.5 Å². The van der Waals surface area contributed by atoms with Gasteiger partial charge in [-0.25, -0.2) is 0 Å². The van der Waals surface area contributed by atoms with E-state index in [1.807, 2.05) is 48.9 Å². The summed E-state index contributed by atoms with van der Waals surface area (Å²) in [6.45, 7) is 3.89. The molecule has 1 heterocycles. The zero-order valence-corrected chi connectivity index (χ0v) is 10.0. The summed E-state index contributed by atoms with van der Waals surface area (Å²) in [5.74, 6) is -0.236. The maximum absolute atomic E-state index is 11.6. The molecule has 0 atom stereocenters. The summed E-state index contributed by atoms with van der Waals surface area (Å²) in [5.41, 5.74) is 7.37. The van der Waals surface area contributed by atoms with Crippen molar-refractivity contribution in [1.82, 2.24) is 4.57 Å². The van der Waals surface area contributed by atoms with Gasteiger partial charge in [0.25, 0.3) is 0 Å². The molecule has 4 heteroatoms. The topological polar surface area (TPSA) is 57.2 Å². The Labute approximate surface area is 100.0 Å². The van der Waals surface area contributed by atoms with Crippen LogP contribution in [0.25, 0.3) is 10.9 Å². The van der Waals surface area contributed by atoms with Gasteiger partial charge in [-0.2, -0.15) is 0 Å². The lowest BCUT2D eigenvalue weighted by Crippen LogP contribution is -2.16. The van der Waals surface area contributed by atoms with Crippen molar-refractivity contribution in [3.05, 3.63) is 30.5 Å². The molecule has 0 aliphatic carbocycles. The molecule has 2 rings (SSSR count). The number of anilines is 1. The van der Waals surface area contributed by atoms with Crippen LogP contribution in [0.5, 0.6) is 0 Å². The SMILES string of the molecule is CC(C)OC(=O)Cn1ccc2ccc(N)cc21. The van der Waals surface area contributed by atoms with Gasteiger partial charge in [0, 0.05) is 11.9 Å². The minimum Gasteiger partial charge on any atom is -0.462 e. The van der Waals surface area contributed by atoms with Crippen molar-refractivity contribution in [1.29, 1.82) is 0 Å². The van der Waals surface area contributed by atoms with E-state index in [9.17, 15) is 4.79 Å². The Hall–Kier alpha value is -1.97. The number of benzene rings is 1. The molecule has 4 nitrogen and oxygen atoms in total. The molecule has 0 fully saturated rings. The number of carbonyl (C=O) groups is 1. The molecule has 0 radical (unpaired) electrons. The summed E-state index contributed by atoms with van der Waals surface area (Å²) in [6, 6.07) is 7.60. The molecule has 0 saturated heterocycles. The molecule has 17 heavy (non-hydrogen) atoms. The lowest BCUT2D eigenvalue weighted by atomic mass is 10.2. The molecule has 0 amide bonds. The van der Waals surface area contributed by atoms with Gasteiger partial charge in [-0.05, 0) is 37.4 Å². The molecule has 2 N–H and O–H groups in total. The Bertz CT molecular complexity index is 543. The minimum atomic E-state index is -0.236. The molecule has 0 aliphatic heterocycles. The highest BCUT2D eigenvalue weighted by atomic mass is 16.5. The first kappa shape index (κ1) is 11.5. The quantitative estimate of drug-likeness (QED) is 0.651. The number of fused-ring (bicyclic) bond motifs is 1. The normalized spacial score (nSPS) is 11.0. The molecule has 2 aromatic rings. The van der Waals surface area contributed by atoms with Gasteiger partial charge >= 0.3 is 5.97 Å². The standard InChI is InChI=1S/C13H16N2O2/c1-9(2)17-13(16)8-15-6-5-10-3-4-11(14)7-12(10)15/h3-7,9H,8,14H2,1-2H3. The molecule has 90 valence electrons. The van der Waals surface area contributed by atoms with Crippen molar-refractivity contribution in [2.24, 2.45) is 0 Å². The third-order valence-corrected chi connectivity index (χ3v) is 2.46. The first-order valence-corrected chi connectivity index (χ1v) is 5.60. The van der Waals surface area contributed by atoms with Crippen LogP contribution in [-0.4, -0.2) is 16.6 Å². The summed E-state index contributed by atoms with van der Waals surface area (Å²) >= 11 is 0. The Kier molecular flexibility index (Phi) is 3.04. The van der Waals surface area contributed by atoms with Gasteiger partial charge in [-0.3, -0.25) is 4.79 Å². The van der Waals surface area contributed by atoms with Crippen LogP contribution < -0.4 is 5.73 Å². The van der Waals surface area contributed by atoms with E-state index in [4.69, 9.17) is 10.5 Å². The van der Waals surface area contributed by atoms with E-state index in [1.165, 1.54) is 0 Å². The lowest BCUT2D eigenvalue weighted by molar-refractivity contribution is -0.148. The smallest absolute Gasteiger partial charge is 0.326 e. The summed E-state index contributed by atoms with van der Waals surface area (Å²) < 4.78 is 6.96. The third kappa shape index (κ3) is 2.58. The van der Waals surface area contributed by atoms with E-state index in [2.05, 4.69) is 0 Å². The van der Waals surface area contributed by atoms with Crippen molar-refractivity contribution < 1.29 is 9.53 Å². The summed E-state index contributed by atoms with van der Waals surface area (Å²) in [5, 5.41) is 1.07. The highest BCUT2D eigenvalue weighted by Crippen LogP contribution is 2.18. The molecule has 0 aliphatic rings. The number of esters is 1. The van der Waals surface area contributed by atoms with Crippen molar-refractivity contribution in [3.63, 3.8) is 0 Å². The maximum atomic E-state index is 11.6. The zero-order valence-electron chi connectivity index (χ0n) is 10.0. The van der Waals surface area contributed by atoms with Crippen molar-refractivity contribution in [3.8, 4) is 0 Å². The third-order valence-electron chi connectivity index (χ3n) is 2.46. The van der Waals surface area contributed by atoms with E-state index < -0.39 is 0 Å². The van der Waals surface area contributed by atoms with Crippen molar-refractivity contribution >= 4 is 22.6 Å². The number of aromatic nitrogens is 1. The Morgan fingerprint density at radius 2 is 2.18 bits per heavy atom. The highest BCUT2D eigenvalue weighted by molar-refractivity contribution is 5.84. The van der Waals surface area contributed by atoms with Crippen molar-refractivity contribution in [2.75, 3.05) is 5.73 Å². The van der Waals surface area contributed by atoms with E-state index in [1.54, 1.807) is 0 Å². The maximum Gasteiger partial charge on any atom is 0.326 e. The fraction of sp³-hybridized carbons (Fsp3) is 0.308. The van der Waals surface area contributed by atoms with Crippen LogP contribution in [0, 0.1) is 0 Å². The zero-order chi connectivity index (χ0) is 12.4. The van der Waals surface area contributed by atoms with E-state index in [0.29, 0.717) is 5.69 Å². The highest BCUT2D eigenvalue weighted by Gasteiger charge is 2.08. The minimum absolute atomic E-state index is 0.0885. The number of nitrogens with two attached hydrogens (primary N) is 1. The molecular formula is C13H16N2O2. The second kappa shape index (κ2) is 4.49. The van der Waals surface area contributed by atoms with Crippen LogP contribution in [0.15, 0.2) is 30.5 Å². The number of rotatable bonds is 3. The van der Waals surface area contributed by atoms with E-state index in [-0.39, 0.29) is 18.6 Å². The number of hydrogen-bond donors (Lipinski definition) is 1. The van der Waals surface area contributed by atoms with Gasteiger partial charge in [-0.1, -0.05) is 6.07 Å². The van der Waals surface area contributed by atoms with Crippen LogP contribution in [0.3, 0.4) is 0 Å². The molecular weight excluding hydrogens is 216 g/mol. The van der Waals surface area contributed by atoms with Gasteiger partial charge in [-0.15, -0.1) is 0 Å². The predicted molar refractivity (Wildman–Crippen MR) is 67.6 cm³/mol.